The van der Waals surface area contributed by atoms with Crippen LogP contribution in [0.15, 0.2) is 36.4 Å². The third-order valence-corrected chi connectivity index (χ3v) is 4.28. The van der Waals surface area contributed by atoms with Gasteiger partial charge < -0.3 is 19.9 Å². The first-order chi connectivity index (χ1) is 12.0. The summed E-state index contributed by atoms with van der Waals surface area (Å²) in [5, 5.41) is 13.4. The molecule has 0 heterocycles. The van der Waals surface area contributed by atoms with E-state index in [-0.39, 0.29) is 23.2 Å². The van der Waals surface area contributed by atoms with Gasteiger partial charge in [0.25, 0.3) is 0 Å². The maximum Gasteiger partial charge on any atom is 0.160 e. The van der Waals surface area contributed by atoms with Gasteiger partial charge in [0.1, 0.15) is 5.82 Å². The van der Waals surface area contributed by atoms with Crippen LogP contribution in [0, 0.1) is 5.82 Å². The first-order valence-corrected chi connectivity index (χ1v) is 8.40. The van der Waals surface area contributed by atoms with Crippen LogP contribution in [0.3, 0.4) is 0 Å². The van der Waals surface area contributed by atoms with Crippen molar-refractivity contribution in [1.82, 2.24) is 5.32 Å². The Hall–Kier alpha value is -1.82. The van der Waals surface area contributed by atoms with Crippen LogP contribution in [0.1, 0.15) is 24.2 Å². The summed E-state index contributed by atoms with van der Waals surface area (Å²) < 4.78 is 24.5. The molecule has 0 fully saturated rings. The highest BCUT2D eigenvalue weighted by molar-refractivity contribution is 6.30. The second kappa shape index (κ2) is 9.04. The monoisotopic (exact) mass is 367 g/mol. The summed E-state index contributed by atoms with van der Waals surface area (Å²) in [5.41, 5.74) is 1.26. The average molecular weight is 368 g/mol. The SMILES string of the molecule is COc1ccc(CC(C)NC[C@H](O)c2cccc(Cl)c2F)cc1OC. The van der Waals surface area contributed by atoms with E-state index in [1.54, 1.807) is 20.3 Å². The first-order valence-electron chi connectivity index (χ1n) is 8.02. The third kappa shape index (κ3) is 5.08. The number of hydrogen-bond acceptors (Lipinski definition) is 4. The summed E-state index contributed by atoms with van der Waals surface area (Å²) in [7, 11) is 3.19. The Morgan fingerprint density at radius 1 is 1.16 bits per heavy atom. The van der Waals surface area contributed by atoms with Gasteiger partial charge in [0, 0.05) is 18.2 Å². The van der Waals surface area contributed by atoms with E-state index in [1.165, 1.54) is 12.1 Å². The van der Waals surface area contributed by atoms with E-state index in [2.05, 4.69) is 5.32 Å². The number of halogens is 2. The molecule has 1 unspecified atom stereocenters. The molecular weight excluding hydrogens is 345 g/mol. The van der Waals surface area contributed by atoms with Crippen LogP contribution >= 0.6 is 11.6 Å². The zero-order valence-corrected chi connectivity index (χ0v) is 15.3. The van der Waals surface area contributed by atoms with Gasteiger partial charge in [-0.1, -0.05) is 29.8 Å². The lowest BCUT2D eigenvalue weighted by Crippen LogP contribution is -2.32. The predicted octanol–water partition coefficient (Wildman–Crippen LogP) is 3.75. The molecule has 0 spiro atoms. The molecule has 25 heavy (non-hydrogen) atoms. The smallest absolute Gasteiger partial charge is 0.160 e. The fraction of sp³-hybridized carbons (Fsp3) is 0.368. The van der Waals surface area contributed by atoms with Gasteiger partial charge in [0.2, 0.25) is 0 Å². The topological polar surface area (TPSA) is 50.7 Å². The van der Waals surface area contributed by atoms with Crippen LogP contribution < -0.4 is 14.8 Å². The molecule has 0 saturated heterocycles. The summed E-state index contributed by atoms with van der Waals surface area (Å²) in [6, 6.07) is 10.4. The number of rotatable bonds is 8. The second-order valence-corrected chi connectivity index (χ2v) is 6.27. The Labute approximate surface area is 152 Å². The van der Waals surface area contributed by atoms with E-state index in [1.807, 2.05) is 25.1 Å². The molecule has 2 aromatic rings. The normalized spacial score (nSPS) is 13.4. The molecule has 0 aliphatic heterocycles. The summed E-state index contributed by atoms with van der Waals surface area (Å²) in [5.74, 6) is 0.776. The number of methoxy groups -OCH3 is 2. The highest BCUT2D eigenvalue weighted by Gasteiger charge is 2.16. The minimum atomic E-state index is -0.966. The van der Waals surface area contributed by atoms with Gasteiger partial charge in [0.15, 0.2) is 11.5 Å². The Morgan fingerprint density at radius 3 is 2.56 bits per heavy atom. The van der Waals surface area contributed by atoms with E-state index >= 15 is 0 Å². The van der Waals surface area contributed by atoms with Crippen molar-refractivity contribution in [1.29, 1.82) is 0 Å². The molecule has 2 N–H and O–H groups in total. The largest absolute Gasteiger partial charge is 0.493 e. The van der Waals surface area contributed by atoms with Crippen LogP contribution in [0.5, 0.6) is 11.5 Å². The molecule has 2 atom stereocenters. The Balaban J connectivity index is 1.94. The molecule has 0 aliphatic rings. The van der Waals surface area contributed by atoms with E-state index in [4.69, 9.17) is 21.1 Å². The number of hydrogen-bond donors (Lipinski definition) is 2. The lowest BCUT2D eigenvalue weighted by Gasteiger charge is -2.19. The summed E-state index contributed by atoms with van der Waals surface area (Å²) in [6.45, 7) is 2.23. The van der Waals surface area contributed by atoms with Crippen LogP contribution in [0.2, 0.25) is 5.02 Å². The van der Waals surface area contributed by atoms with E-state index in [0.717, 1.165) is 12.0 Å². The third-order valence-electron chi connectivity index (χ3n) is 3.99. The summed E-state index contributed by atoms with van der Waals surface area (Å²) >= 11 is 5.75. The van der Waals surface area contributed by atoms with Crippen molar-refractivity contribution in [2.24, 2.45) is 0 Å². The van der Waals surface area contributed by atoms with Crippen molar-refractivity contribution < 1.29 is 19.0 Å². The predicted molar refractivity (Wildman–Crippen MR) is 97.1 cm³/mol. The molecule has 0 bridgehead atoms. The molecule has 2 aromatic carbocycles. The van der Waals surface area contributed by atoms with Crippen molar-refractivity contribution in [2.75, 3.05) is 20.8 Å². The number of aliphatic hydroxyl groups excluding tert-OH is 1. The van der Waals surface area contributed by atoms with E-state index in [9.17, 15) is 9.50 Å². The van der Waals surface area contributed by atoms with Crippen molar-refractivity contribution in [3.63, 3.8) is 0 Å². The number of ether oxygens (including phenoxy) is 2. The van der Waals surface area contributed by atoms with Crippen molar-refractivity contribution in [2.45, 2.75) is 25.5 Å². The first kappa shape index (κ1) is 19.5. The molecule has 0 saturated carbocycles. The van der Waals surface area contributed by atoms with Crippen LogP contribution in [0.25, 0.3) is 0 Å². The fourth-order valence-electron chi connectivity index (χ4n) is 2.63. The lowest BCUT2D eigenvalue weighted by atomic mass is 10.0. The number of nitrogens with one attached hydrogen (secondary N) is 1. The van der Waals surface area contributed by atoms with Gasteiger partial charge in [0.05, 0.1) is 25.3 Å². The number of aliphatic hydroxyl groups is 1. The van der Waals surface area contributed by atoms with Crippen LogP contribution in [0.4, 0.5) is 4.39 Å². The average Bonchev–Trinajstić information content (AvgIpc) is 2.61. The highest BCUT2D eigenvalue weighted by Crippen LogP contribution is 2.28. The Morgan fingerprint density at radius 2 is 1.88 bits per heavy atom. The Kier molecular flexibility index (Phi) is 7.05. The molecule has 136 valence electrons. The zero-order chi connectivity index (χ0) is 18.4. The molecule has 2 rings (SSSR count). The lowest BCUT2D eigenvalue weighted by molar-refractivity contribution is 0.166. The zero-order valence-electron chi connectivity index (χ0n) is 14.6. The van der Waals surface area contributed by atoms with Crippen molar-refractivity contribution >= 4 is 11.6 Å². The van der Waals surface area contributed by atoms with Gasteiger partial charge in [-0.25, -0.2) is 4.39 Å². The standard InChI is InChI=1S/C19H23ClFNO3/c1-12(9-13-7-8-17(24-2)18(10-13)25-3)22-11-16(23)14-5-4-6-15(20)19(14)21/h4-8,10,12,16,22-23H,9,11H2,1-3H3/t12?,16-/m0/s1. The molecular formula is C19H23ClFNO3. The van der Waals surface area contributed by atoms with E-state index in [0.29, 0.717) is 11.5 Å². The molecule has 0 aliphatic carbocycles. The minimum Gasteiger partial charge on any atom is -0.493 e. The van der Waals surface area contributed by atoms with Gasteiger partial charge in [-0.05, 0) is 37.1 Å². The molecule has 4 nitrogen and oxygen atoms in total. The number of benzene rings is 2. The Bertz CT molecular complexity index is 711. The van der Waals surface area contributed by atoms with Crippen LogP contribution in [-0.2, 0) is 6.42 Å². The molecule has 6 heteroatoms. The molecule has 0 radical (unpaired) electrons. The van der Waals surface area contributed by atoms with Gasteiger partial charge in [-0.15, -0.1) is 0 Å². The van der Waals surface area contributed by atoms with E-state index < -0.39 is 11.9 Å². The highest BCUT2D eigenvalue weighted by atomic mass is 35.5. The fourth-order valence-corrected chi connectivity index (χ4v) is 2.82. The summed E-state index contributed by atoms with van der Waals surface area (Å²) in [4.78, 5) is 0. The maximum absolute atomic E-state index is 13.9. The van der Waals surface area contributed by atoms with Crippen molar-refractivity contribution in [3.8, 4) is 11.5 Å². The van der Waals surface area contributed by atoms with Gasteiger partial charge >= 0.3 is 0 Å². The molecule has 0 aromatic heterocycles. The van der Waals surface area contributed by atoms with Crippen LogP contribution in [-0.4, -0.2) is 31.9 Å². The van der Waals surface area contributed by atoms with Crippen molar-refractivity contribution in [3.05, 3.63) is 58.4 Å². The maximum atomic E-state index is 13.9. The van der Waals surface area contributed by atoms with Gasteiger partial charge in [-0.2, -0.15) is 0 Å². The van der Waals surface area contributed by atoms with Gasteiger partial charge in [-0.3, -0.25) is 0 Å². The molecule has 0 amide bonds. The second-order valence-electron chi connectivity index (χ2n) is 5.86. The quantitative estimate of drug-likeness (QED) is 0.746. The minimum absolute atomic E-state index is 0.00919. The summed E-state index contributed by atoms with van der Waals surface area (Å²) in [6.07, 6.45) is -0.239.